The first-order chi connectivity index (χ1) is 12.6. The van der Waals surface area contributed by atoms with Crippen LogP contribution >= 0.6 is 0 Å². The van der Waals surface area contributed by atoms with Crippen LogP contribution in [0, 0.1) is 0 Å². The first-order valence-electron chi connectivity index (χ1n) is 9.04. The van der Waals surface area contributed by atoms with Gasteiger partial charge in [0.1, 0.15) is 18.0 Å². The Hall–Kier alpha value is -2.53. The second kappa shape index (κ2) is 8.23. The van der Waals surface area contributed by atoms with Crippen molar-refractivity contribution in [2.24, 2.45) is 0 Å². The van der Waals surface area contributed by atoms with Gasteiger partial charge in [-0.3, -0.25) is 4.79 Å². The van der Waals surface area contributed by atoms with Crippen molar-refractivity contribution < 1.29 is 19.2 Å². The highest BCUT2D eigenvalue weighted by Crippen LogP contribution is 2.23. The monoisotopic (exact) mass is 355 g/mol. The minimum atomic E-state index is -0.144. The van der Waals surface area contributed by atoms with Crippen molar-refractivity contribution in [1.82, 2.24) is 0 Å². The molecule has 5 nitrogen and oxygen atoms in total. The molecule has 3 rings (SSSR count). The zero-order valence-electron chi connectivity index (χ0n) is 15.6. The Labute approximate surface area is 154 Å². The van der Waals surface area contributed by atoms with Crippen molar-refractivity contribution in [3.63, 3.8) is 0 Å². The minimum absolute atomic E-state index is 0.0184. The highest BCUT2D eigenvalue weighted by Gasteiger charge is 2.39. The predicted molar refractivity (Wildman–Crippen MR) is 102 cm³/mol. The standard InChI is InChI=1S/C21H26N2O3/c1-15(21(24)22-19-6-4-5-7-20(19)26-3)23(17-10-11-17)14-16-8-12-18(25-2)13-9-16/h4-9,12-13,15,17H,10-11,14H2,1-3H3,(H,22,24)/p+1/t15-/m1/s1. The van der Waals surface area contributed by atoms with Crippen LogP contribution in [0.3, 0.4) is 0 Å². The number of nitrogens with one attached hydrogen (secondary N) is 2. The fraction of sp³-hybridized carbons (Fsp3) is 0.381. The summed E-state index contributed by atoms with van der Waals surface area (Å²) in [5, 5.41) is 3.02. The van der Waals surface area contributed by atoms with Gasteiger partial charge in [-0.15, -0.1) is 0 Å². The second-order valence-electron chi connectivity index (χ2n) is 6.79. The van der Waals surface area contributed by atoms with Crippen LogP contribution in [-0.4, -0.2) is 32.2 Å². The number of quaternary nitrogens is 1. The van der Waals surface area contributed by atoms with Gasteiger partial charge in [-0.25, -0.2) is 0 Å². The van der Waals surface area contributed by atoms with Crippen molar-refractivity contribution in [2.75, 3.05) is 19.5 Å². The van der Waals surface area contributed by atoms with E-state index < -0.39 is 0 Å². The molecule has 0 aromatic heterocycles. The number of carbonyl (C=O) groups excluding carboxylic acids is 1. The Morgan fingerprint density at radius 3 is 2.42 bits per heavy atom. The normalized spacial score (nSPS) is 15.8. The number of rotatable bonds is 8. The maximum absolute atomic E-state index is 12.8. The van der Waals surface area contributed by atoms with Crippen LogP contribution in [0.1, 0.15) is 25.3 Å². The predicted octanol–water partition coefficient (Wildman–Crippen LogP) is 2.28. The molecule has 1 fully saturated rings. The number of methoxy groups -OCH3 is 2. The summed E-state index contributed by atoms with van der Waals surface area (Å²) in [6, 6.07) is 16.0. The molecule has 1 aliphatic rings. The van der Waals surface area contributed by atoms with E-state index in [9.17, 15) is 4.79 Å². The number of ether oxygens (including phenoxy) is 2. The highest BCUT2D eigenvalue weighted by molar-refractivity contribution is 5.94. The van der Waals surface area contributed by atoms with Crippen molar-refractivity contribution in [1.29, 1.82) is 0 Å². The van der Waals surface area contributed by atoms with Crippen LogP contribution in [0.5, 0.6) is 11.5 Å². The zero-order valence-corrected chi connectivity index (χ0v) is 15.6. The van der Waals surface area contributed by atoms with E-state index in [4.69, 9.17) is 9.47 Å². The van der Waals surface area contributed by atoms with Crippen LogP contribution in [0.25, 0.3) is 0 Å². The van der Waals surface area contributed by atoms with Gasteiger partial charge >= 0.3 is 0 Å². The number of amides is 1. The Morgan fingerprint density at radius 2 is 1.81 bits per heavy atom. The average Bonchev–Trinajstić information content (AvgIpc) is 3.51. The third-order valence-corrected chi connectivity index (χ3v) is 4.98. The molecule has 2 atom stereocenters. The first-order valence-corrected chi connectivity index (χ1v) is 9.04. The summed E-state index contributed by atoms with van der Waals surface area (Å²) < 4.78 is 10.6. The van der Waals surface area contributed by atoms with E-state index in [1.807, 2.05) is 43.3 Å². The maximum Gasteiger partial charge on any atom is 0.282 e. The van der Waals surface area contributed by atoms with Gasteiger partial charge in [0, 0.05) is 18.4 Å². The van der Waals surface area contributed by atoms with Crippen molar-refractivity contribution in [3.8, 4) is 11.5 Å². The van der Waals surface area contributed by atoms with E-state index in [2.05, 4.69) is 17.4 Å². The van der Waals surface area contributed by atoms with Gasteiger partial charge in [0.25, 0.3) is 5.91 Å². The van der Waals surface area contributed by atoms with Gasteiger partial charge in [0.05, 0.1) is 25.9 Å². The molecule has 138 valence electrons. The molecule has 0 radical (unpaired) electrons. The molecular weight excluding hydrogens is 328 g/mol. The SMILES string of the molecule is COc1ccc(C[NH+](C2CC2)[C@H](C)C(=O)Nc2ccccc2OC)cc1. The van der Waals surface area contributed by atoms with Crippen LogP contribution in [0.2, 0.25) is 0 Å². The number of anilines is 1. The van der Waals surface area contributed by atoms with E-state index in [-0.39, 0.29) is 11.9 Å². The molecule has 1 aliphatic carbocycles. The third-order valence-electron chi connectivity index (χ3n) is 4.98. The first kappa shape index (κ1) is 18.3. The van der Waals surface area contributed by atoms with Crippen LogP contribution in [-0.2, 0) is 11.3 Å². The molecular formula is C21H27N2O3+. The molecule has 0 heterocycles. The van der Waals surface area contributed by atoms with E-state index in [1.165, 1.54) is 23.3 Å². The molecule has 0 aliphatic heterocycles. The largest absolute Gasteiger partial charge is 0.497 e. The minimum Gasteiger partial charge on any atom is -0.497 e. The van der Waals surface area contributed by atoms with E-state index in [1.54, 1.807) is 14.2 Å². The Kier molecular flexibility index (Phi) is 5.78. The molecule has 1 saturated carbocycles. The molecule has 2 aromatic carbocycles. The lowest BCUT2D eigenvalue weighted by molar-refractivity contribution is -0.938. The highest BCUT2D eigenvalue weighted by atomic mass is 16.5. The van der Waals surface area contributed by atoms with Crippen LogP contribution in [0.15, 0.2) is 48.5 Å². The van der Waals surface area contributed by atoms with Gasteiger partial charge < -0.3 is 19.7 Å². The second-order valence-corrected chi connectivity index (χ2v) is 6.79. The van der Waals surface area contributed by atoms with Crippen molar-refractivity contribution in [2.45, 2.75) is 38.4 Å². The zero-order chi connectivity index (χ0) is 18.5. The van der Waals surface area contributed by atoms with Gasteiger partial charge in [0.15, 0.2) is 6.04 Å². The summed E-state index contributed by atoms with van der Waals surface area (Å²) in [5.41, 5.74) is 1.93. The summed E-state index contributed by atoms with van der Waals surface area (Å²) in [7, 11) is 3.28. The van der Waals surface area contributed by atoms with Crippen LogP contribution in [0.4, 0.5) is 5.69 Å². The Bertz CT molecular complexity index is 741. The molecule has 1 amide bonds. The molecule has 2 aromatic rings. The van der Waals surface area contributed by atoms with Gasteiger partial charge in [-0.05, 0) is 43.3 Å². The molecule has 0 spiro atoms. The Morgan fingerprint density at radius 1 is 1.12 bits per heavy atom. The summed E-state index contributed by atoms with van der Waals surface area (Å²) >= 11 is 0. The van der Waals surface area contributed by atoms with E-state index >= 15 is 0 Å². The summed E-state index contributed by atoms with van der Waals surface area (Å²) in [6.07, 6.45) is 2.36. The summed E-state index contributed by atoms with van der Waals surface area (Å²) in [6.45, 7) is 2.83. The number of hydrogen-bond acceptors (Lipinski definition) is 3. The molecule has 2 N–H and O–H groups in total. The molecule has 0 saturated heterocycles. The number of hydrogen-bond donors (Lipinski definition) is 2. The average molecular weight is 355 g/mol. The van der Waals surface area contributed by atoms with Gasteiger partial charge in [0.2, 0.25) is 0 Å². The lowest BCUT2D eigenvalue weighted by Crippen LogP contribution is -3.16. The van der Waals surface area contributed by atoms with Gasteiger partial charge in [-0.2, -0.15) is 0 Å². The number of benzene rings is 2. The summed E-state index contributed by atoms with van der Waals surface area (Å²) in [5.74, 6) is 1.55. The third kappa shape index (κ3) is 4.35. The van der Waals surface area contributed by atoms with E-state index in [0.717, 1.165) is 12.3 Å². The van der Waals surface area contributed by atoms with Crippen molar-refractivity contribution >= 4 is 11.6 Å². The lowest BCUT2D eigenvalue weighted by atomic mass is 10.1. The smallest absolute Gasteiger partial charge is 0.282 e. The fourth-order valence-electron chi connectivity index (χ4n) is 3.24. The molecule has 26 heavy (non-hydrogen) atoms. The van der Waals surface area contributed by atoms with Gasteiger partial charge in [-0.1, -0.05) is 12.1 Å². The number of para-hydroxylation sites is 2. The molecule has 1 unspecified atom stereocenters. The Balaban J connectivity index is 1.69. The fourth-order valence-corrected chi connectivity index (χ4v) is 3.24. The van der Waals surface area contributed by atoms with E-state index in [0.29, 0.717) is 17.5 Å². The van der Waals surface area contributed by atoms with Crippen LogP contribution < -0.4 is 19.7 Å². The molecule has 5 heteroatoms. The quantitative estimate of drug-likeness (QED) is 0.764. The molecule has 0 bridgehead atoms. The maximum atomic E-state index is 12.8. The number of carbonyl (C=O) groups is 1. The lowest BCUT2D eigenvalue weighted by Gasteiger charge is -2.25. The van der Waals surface area contributed by atoms with Crippen molar-refractivity contribution in [3.05, 3.63) is 54.1 Å². The topological polar surface area (TPSA) is 52.0 Å². The summed E-state index contributed by atoms with van der Waals surface area (Å²) in [4.78, 5) is 14.1.